The van der Waals surface area contributed by atoms with Gasteiger partial charge in [0.05, 0.1) is 11.2 Å². The summed E-state index contributed by atoms with van der Waals surface area (Å²) in [4.78, 5) is 0. The lowest BCUT2D eigenvalue weighted by Crippen LogP contribution is -2.62. The average molecular weight is 253 g/mol. The summed E-state index contributed by atoms with van der Waals surface area (Å²) < 4.78 is 6.73. The van der Waals surface area contributed by atoms with Crippen molar-refractivity contribution in [1.82, 2.24) is 5.32 Å². The summed E-state index contributed by atoms with van der Waals surface area (Å²) in [6.07, 6.45) is 5.25. The molecule has 2 aliphatic rings. The fourth-order valence-corrected chi connectivity index (χ4v) is 3.09. The molecule has 0 aromatic carbocycles. The molecule has 1 saturated carbocycles. The van der Waals surface area contributed by atoms with Crippen LogP contribution < -0.4 is 5.32 Å². The SMILES string of the molecule is CC(C)CCC1(C2CC2)CNCC(C)(C(C)C)O1. The first-order chi connectivity index (χ1) is 8.38. The van der Waals surface area contributed by atoms with Gasteiger partial charge in [0.25, 0.3) is 0 Å². The van der Waals surface area contributed by atoms with Crippen LogP contribution in [0.1, 0.15) is 60.3 Å². The van der Waals surface area contributed by atoms with Crippen molar-refractivity contribution >= 4 is 0 Å². The molecule has 0 amide bonds. The lowest BCUT2D eigenvalue weighted by molar-refractivity contribution is -0.202. The first kappa shape index (κ1) is 14.3. The van der Waals surface area contributed by atoms with Crippen LogP contribution in [0.3, 0.4) is 0 Å². The second kappa shape index (κ2) is 5.13. The summed E-state index contributed by atoms with van der Waals surface area (Å²) in [6, 6.07) is 0. The zero-order valence-electron chi connectivity index (χ0n) is 12.9. The number of morpholine rings is 1. The van der Waals surface area contributed by atoms with Crippen molar-refractivity contribution in [3.8, 4) is 0 Å². The van der Waals surface area contributed by atoms with Crippen LogP contribution in [0.2, 0.25) is 0 Å². The molecule has 0 spiro atoms. The Hall–Kier alpha value is -0.0800. The summed E-state index contributed by atoms with van der Waals surface area (Å²) in [5, 5.41) is 3.67. The highest BCUT2D eigenvalue weighted by atomic mass is 16.5. The van der Waals surface area contributed by atoms with E-state index < -0.39 is 0 Å². The predicted octanol–water partition coefficient (Wildman–Crippen LogP) is 3.61. The molecule has 18 heavy (non-hydrogen) atoms. The van der Waals surface area contributed by atoms with Crippen LogP contribution in [0.4, 0.5) is 0 Å². The largest absolute Gasteiger partial charge is 0.366 e. The lowest BCUT2D eigenvalue weighted by Gasteiger charge is -2.50. The van der Waals surface area contributed by atoms with Gasteiger partial charge >= 0.3 is 0 Å². The summed E-state index contributed by atoms with van der Waals surface area (Å²) in [5.41, 5.74) is 0.138. The van der Waals surface area contributed by atoms with E-state index in [9.17, 15) is 0 Å². The van der Waals surface area contributed by atoms with Crippen LogP contribution in [0.15, 0.2) is 0 Å². The highest BCUT2D eigenvalue weighted by molar-refractivity contribution is 5.04. The Labute approximate surface area is 113 Å². The van der Waals surface area contributed by atoms with E-state index in [1.165, 1.54) is 25.7 Å². The molecular formula is C16H31NO. The minimum Gasteiger partial charge on any atom is -0.366 e. The van der Waals surface area contributed by atoms with Gasteiger partial charge in [-0.2, -0.15) is 0 Å². The van der Waals surface area contributed by atoms with Gasteiger partial charge in [0.2, 0.25) is 0 Å². The quantitative estimate of drug-likeness (QED) is 0.808. The molecule has 2 heteroatoms. The molecule has 1 heterocycles. The fourth-order valence-electron chi connectivity index (χ4n) is 3.09. The Morgan fingerprint density at radius 3 is 2.33 bits per heavy atom. The molecule has 2 atom stereocenters. The minimum atomic E-state index is 0.0117. The molecule has 1 aliphatic heterocycles. The summed E-state index contributed by atoms with van der Waals surface area (Å²) in [7, 11) is 0. The third-order valence-corrected chi connectivity index (χ3v) is 5.02. The zero-order valence-corrected chi connectivity index (χ0v) is 12.9. The molecule has 1 aliphatic carbocycles. The smallest absolute Gasteiger partial charge is 0.0842 e. The first-order valence-corrected chi connectivity index (χ1v) is 7.79. The van der Waals surface area contributed by atoms with Gasteiger partial charge in [0.15, 0.2) is 0 Å². The van der Waals surface area contributed by atoms with Crippen LogP contribution in [0.25, 0.3) is 0 Å². The van der Waals surface area contributed by atoms with Gasteiger partial charge in [-0.15, -0.1) is 0 Å². The number of nitrogens with one attached hydrogen (secondary N) is 1. The van der Waals surface area contributed by atoms with Crippen LogP contribution in [-0.4, -0.2) is 24.3 Å². The third-order valence-electron chi connectivity index (χ3n) is 5.02. The standard InChI is InChI=1S/C16H31NO/c1-12(2)8-9-16(14-6-7-14)11-17-10-15(5,18-16)13(3)4/h12-14,17H,6-11H2,1-5H3. The predicted molar refractivity (Wildman–Crippen MR) is 76.7 cm³/mol. The van der Waals surface area contributed by atoms with Crippen LogP contribution in [0, 0.1) is 17.8 Å². The second-order valence-electron chi connectivity index (χ2n) is 7.44. The van der Waals surface area contributed by atoms with Crippen molar-refractivity contribution in [3.05, 3.63) is 0 Å². The topological polar surface area (TPSA) is 21.3 Å². The molecule has 0 radical (unpaired) electrons. The van der Waals surface area contributed by atoms with Crippen molar-refractivity contribution in [2.24, 2.45) is 17.8 Å². The summed E-state index contributed by atoms with van der Waals surface area (Å²) in [6.45, 7) is 13.6. The average Bonchev–Trinajstić information content (AvgIpc) is 3.10. The highest BCUT2D eigenvalue weighted by Gasteiger charge is 2.52. The Bertz CT molecular complexity index is 285. The maximum atomic E-state index is 6.73. The number of rotatable bonds is 5. The Kier molecular flexibility index (Phi) is 4.08. The van der Waals surface area contributed by atoms with Gasteiger partial charge in [-0.1, -0.05) is 27.7 Å². The van der Waals surface area contributed by atoms with Crippen molar-refractivity contribution < 1.29 is 4.74 Å². The molecule has 2 fully saturated rings. The summed E-state index contributed by atoms with van der Waals surface area (Å²) >= 11 is 0. The Morgan fingerprint density at radius 2 is 1.83 bits per heavy atom. The van der Waals surface area contributed by atoms with Crippen molar-refractivity contribution in [2.75, 3.05) is 13.1 Å². The molecule has 2 rings (SSSR count). The lowest BCUT2D eigenvalue weighted by atomic mass is 9.82. The number of hydrogen-bond acceptors (Lipinski definition) is 2. The highest BCUT2D eigenvalue weighted by Crippen LogP contribution is 2.48. The van der Waals surface area contributed by atoms with Gasteiger partial charge in [-0.05, 0) is 50.4 Å². The number of hydrogen-bond donors (Lipinski definition) is 1. The van der Waals surface area contributed by atoms with Crippen LogP contribution in [0.5, 0.6) is 0 Å². The van der Waals surface area contributed by atoms with Crippen LogP contribution in [-0.2, 0) is 4.74 Å². The molecular weight excluding hydrogens is 222 g/mol. The van der Waals surface area contributed by atoms with E-state index in [1.807, 2.05) is 0 Å². The van der Waals surface area contributed by atoms with Crippen molar-refractivity contribution in [3.63, 3.8) is 0 Å². The van der Waals surface area contributed by atoms with E-state index >= 15 is 0 Å². The zero-order chi connectivity index (χ0) is 13.4. The van der Waals surface area contributed by atoms with Crippen molar-refractivity contribution in [2.45, 2.75) is 71.5 Å². The first-order valence-electron chi connectivity index (χ1n) is 7.79. The van der Waals surface area contributed by atoms with Crippen molar-refractivity contribution in [1.29, 1.82) is 0 Å². The monoisotopic (exact) mass is 253 g/mol. The van der Waals surface area contributed by atoms with Gasteiger partial charge in [0.1, 0.15) is 0 Å². The summed E-state index contributed by atoms with van der Waals surface area (Å²) in [5.74, 6) is 2.15. The molecule has 0 aromatic heterocycles. The molecule has 0 bridgehead atoms. The minimum absolute atomic E-state index is 0.0117. The normalized spacial score (nSPS) is 37.5. The van der Waals surface area contributed by atoms with E-state index in [-0.39, 0.29) is 11.2 Å². The molecule has 2 unspecified atom stereocenters. The fraction of sp³-hybridized carbons (Fsp3) is 1.00. The van der Waals surface area contributed by atoms with Crippen LogP contribution >= 0.6 is 0 Å². The maximum absolute atomic E-state index is 6.73. The van der Waals surface area contributed by atoms with E-state index in [0.29, 0.717) is 5.92 Å². The molecule has 2 nitrogen and oxygen atoms in total. The molecule has 1 saturated heterocycles. The van der Waals surface area contributed by atoms with Gasteiger partial charge in [0, 0.05) is 13.1 Å². The maximum Gasteiger partial charge on any atom is 0.0842 e. The van der Waals surface area contributed by atoms with Gasteiger partial charge in [-0.3, -0.25) is 0 Å². The third kappa shape index (κ3) is 2.91. The Balaban J connectivity index is 2.09. The van der Waals surface area contributed by atoms with E-state index in [2.05, 4.69) is 39.9 Å². The van der Waals surface area contributed by atoms with Gasteiger partial charge in [-0.25, -0.2) is 0 Å². The molecule has 1 N–H and O–H groups in total. The van der Waals surface area contributed by atoms with E-state index in [4.69, 9.17) is 4.74 Å². The second-order valence-corrected chi connectivity index (χ2v) is 7.44. The molecule has 0 aromatic rings. The number of ether oxygens (including phenoxy) is 1. The van der Waals surface area contributed by atoms with E-state index in [0.717, 1.165) is 24.9 Å². The van der Waals surface area contributed by atoms with Gasteiger partial charge < -0.3 is 10.1 Å². The molecule has 106 valence electrons. The Morgan fingerprint density at radius 1 is 1.17 bits per heavy atom. The van der Waals surface area contributed by atoms with E-state index in [1.54, 1.807) is 0 Å².